The van der Waals surface area contributed by atoms with Crippen LogP contribution in [0.2, 0.25) is 0 Å². The van der Waals surface area contributed by atoms with E-state index in [0.29, 0.717) is 17.1 Å². The Balaban J connectivity index is 1.68. The van der Waals surface area contributed by atoms with E-state index in [4.69, 9.17) is 5.73 Å². The molecule has 0 fully saturated rings. The minimum atomic E-state index is -0.232. The Kier molecular flexibility index (Phi) is 2.83. The highest BCUT2D eigenvalue weighted by molar-refractivity contribution is 7.23. The van der Waals surface area contributed by atoms with E-state index in [1.165, 1.54) is 0 Å². The van der Waals surface area contributed by atoms with Gasteiger partial charge in [0.2, 0.25) is 0 Å². The van der Waals surface area contributed by atoms with Crippen molar-refractivity contribution in [2.24, 2.45) is 0 Å². The summed E-state index contributed by atoms with van der Waals surface area (Å²) >= 11 is 1.56. The zero-order valence-electron chi connectivity index (χ0n) is 11.5. The van der Waals surface area contributed by atoms with Crippen molar-refractivity contribution in [3.63, 3.8) is 0 Å². The molecular formula is C16H12N4OS. The molecule has 0 unspecified atom stereocenters. The standard InChI is InChI=1S/C16H12N4OS/c17-10-5-7-11(8-6-10)18-15(21)12-9-20-13-3-1-2-4-14(13)22-16(20)19-12/h1-9H,17H2,(H,18,21). The Morgan fingerprint density at radius 1 is 1.14 bits per heavy atom. The maximum atomic E-state index is 12.3. The maximum absolute atomic E-state index is 12.3. The van der Waals surface area contributed by atoms with Crippen molar-refractivity contribution < 1.29 is 4.79 Å². The average molecular weight is 308 g/mol. The summed E-state index contributed by atoms with van der Waals surface area (Å²) in [4.78, 5) is 17.5. The van der Waals surface area contributed by atoms with Crippen molar-refractivity contribution in [3.8, 4) is 0 Å². The van der Waals surface area contributed by atoms with Crippen LogP contribution >= 0.6 is 11.3 Å². The van der Waals surface area contributed by atoms with Gasteiger partial charge in [0.15, 0.2) is 4.96 Å². The molecule has 0 bridgehead atoms. The molecule has 0 spiro atoms. The normalized spacial score (nSPS) is 11.1. The summed E-state index contributed by atoms with van der Waals surface area (Å²) in [7, 11) is 0. The predicted octanol–water partition coefficient (Wildman–Crippen LogP) is 3.38. The first kappa shape index (κ1) is 12.8. The monoisotopic (exact) mass is 308 g/mol. The number of amides is 1. The van der Waals surface area contributed by atoms with Crippen LogP contribution in [0.15, 0.2) is 54.7 Å². The summed E-state index contributed by atoms with van der Waals surface area (Å²) in [5, 5.41) is 2.82. The van der Waals surface area contributed by atoms with Gasteiger partial charge in [-0.15, -0.1) is 0 Å². The zero-order valence-corrected chi connectivity index (χ0v) is 12.3. The van der Waals surface area contributed by atoms with E-state index in [-0.39, 0.29) is 5.91 Å². The SMILES string of the molecule is Nc1ccc(NC(=O)c2cn3c(n2)sc2ccccc23)cc1. The molecule has 0 saturated carbocycles. The average Bonchev–Trinajstić information content (AvgIpc) is 3.07. The summed E-state index contributed by atoms with van der Waals surface area (Å²) < 4.78 is 3.09. The second kappa shape index (κ2) is 4.85. The summed E-state index contributed by atoms with van der Waals surface area (Å²) in [6.45, 7) is 0. The third-order valence-electron chi connectivity index (χ3n) is 3.40. The van der Waals surface area contributed by atoms with Gasteiger partial charge in [-0.1, -0.05) is 23.5 Å². The molecule has 2 aromatic heterocycles. The number of thiazole rings is 1. The molecule has 0 aliphatic carbocycles. The number of nitrogen functional groups attached to an aromatic ring is 1. The number of nitrogens with two attached hydrogens (primary N) is 1. The third kappa shape index (κ3) is 2.10. The molecule has 1 amide bonds. The van der Waals surface area contributed by atoms with Crippen LogP contribution in [0.1, 0.15) is 10.5 Å². The molecule has 6 heteroatoms. The first-order chi connectivity index (χ1) is 10.7. The Bertz CT molecular complexity index is 984. The molecule has 4 aromatic rings. The summed E-state index contributed by atoms with van der Waals surface area (Å²) in [5.74, 6) is -0.232. The number of benzene rings is 2. The molecule has 3 N–H and O–H groups in total. The van der Waals surface area contributed by atoms with Crippen LogP contribution < -0.4 is 11.1 Å². The second-order valence-electron chi connectivity index (χ2n) is 4.92. The molecule has 0 radical (unpaired) electrons. The van der Waals surface area contributed by atoms with Gasteiger partial charge >= 0.3 is 0 Å². The van der Waals surface area contributed by atoms with Gasteiger partial charge in [-0.05, 0) is 36.4 Å². The lowest BCUT2D eigenvalue weighted by atomic mass is 10.3. The van der Waals surface area contributed by atoms with Gasteiger partial charge in [-0.25, -0.2) is 4.98 Å². The molecule has 5 nitrogen and oxygen atoms in total. The zero-order chi connectivity index (χ0) is 15.1. The van der Waals surface area contributed by atoms with Gasteiger partial charge in [-0.2, -0.15) is 0 Å². The number of carbonyl (C=O) groups excluding carboxylic acids is 1. The molecule has 2 heterocycles. The van der Waals surface area contributed by atoms with Crippen LogP contribution in [0.5, 0.6) is 0 Å². The van der Waals surface area contributed by atoms with Crippen molar-refractivity contribution in [1.82, 2.24) is 9.38 Å². The highest BCUT2D eigenvalue weighted by Gasteiger charge is 2.14. The maximum Gasteiger partial charge on any atom is 0.275 e. The number of hydrogen-bond acceptors (Lipinski definition) is 4. The third-order valence-corrected chi connectivity index (χ3v) is 4.44. The van der Waals surface area contributed by atoms with E-state index < -0.39 is 0 Å². The molecule has 0 aliphatic rings. The Morgan fingerprint density at radius 2 is 1.91 bits per heavy atom. The lowest BCUT2D eigenvalue weighted by Crippen LogP contribution is -2.12. The number of hydrogen-bond donors (Lipinski definition) is 2. The summed E-state index contributed by atoms with van der Waals surface area (Å²) in [6, 6.07) is 15.0. The number of imidazole rings is 1. The van der Waals surface area contributed by atoms with E-state index in [0.717, 1.165) is 15.2 Å². The van der Waals surface area contributed by atoms with Crippen molar-refractivity contribution in [3.05, 3.63) is 60.4 Å². The fourth-order valence-corrected chi connectivity index (χ4v) is 3.33. The minimum Gasteiger partial charge on any atom is -0.399 e. The van der Waals surface area contributed by atoms with Crippen molar-refractivity contribution in [2.75, 3.05) is 11.1 Å². The smallest absolute Gasteiger partial charge is 0.275 e. The number of carbonyl (C=O) groups is 1. The predicted molar refractivity (Wildman–Crippen MR) is 89.4 cm³/mol. The number of para-hydroxylation sites is 1. The number of fused-ring (bicyclic) bond motifs is 3. The Labute approximate surface area is 130 Å². The molecule has 108 valence electrons. The van der Waals surface area contributed by atoms with Gasteiger partial charge in [0.05, 0.1) is 10.2 Å². The molecule has 2 aromatic carbocycles. The van der Waals surface area contributed by atoms with Crippen LogP contribution in [0, 0.1) is 0 Å². The number of anilines is 2. The van der Waals surface area contributed by atoms with Gasteiger partial charge in [0.25, 0.3) is 5.91 Å². The van der Waals surface area contributed by atoms with Gasteiger partial charge in [-0.3, -0.25) is 9.20 Å². The Hall–Kier alpha value is -2.86. The van der Waals surface area contributed by atoms with Crippen LogP contribution in [0.25, 0.3) is 15.2 Å². The van der Waals surface area contributed by atoms with E-state index in [1.807, 2.05) is 28.7 Å². The van der Waals surface area contributed by atoms with Gasteiger partial charge in [0, 0.05) is 17.6 Å². The highest BCUT2D eigenvalue weighted by atomic mass is 32.1. The molecule has 4 rings (SSSR count). The number of nitrogens with zero attached hydrogens (tertiary/aromatic N) is 2. The number of nitrogens with one attached hydrogen (secondary N) is 1. The van der Waals surface area contributed by atoms with E-state index in [2.05, 4.69) is 10.3 Å². The first-order valence-corrected chi connectivity index (χ1v) is 7.56. The van der Waals surface area contributed by atoms with E-state index >= 15 is 0 Å². The first-order valence-electron chi connectivity index (χ1n) is 6.74. The number of rotatable bonds is 2. The fraction of sp³-hybridized carbons (Fsp3) is 0. The van der Waals surface area contributed by atoms with Crippen LogP contribution in [-0.2, 0) is 0 Å². The Morgan fingerprint density at radius 3 is 2.73 bits per heavy atom. The van der Waals surface area contributed by atoms with Gasteiger partial charge in [0.1, 0.15) is 5.69 Å². The van der Waals surface area contributed by atoms with Crippen LogP contribution in [0.4, 0.5) is 11.4 Å². The van der Waals surface area contributed by atoms with Crippen LogP contribution in [-0.4, -0.2) is 15.3 Å². The summed E-state index contributed by atoms with van der Waals surface area (Å²) in [5.41, 5.74) is 8.44. The van der Waals surface area contributed by atoms with Crippen molar-refractivity contribution >= 4 is 43.8 Å². The molecule has 0 atom stereocenters. The molecule has 0 saturated heterocycles. The summed E-state index contributed by atoms with van der Waals surface area (Å²) in [6.07, 6.45) is 1.76. The quantitative estimate of drug-likeness (QED) is 0.558. The van der Waals surface area contributed by atoms with Crippen molar-refractivity contribution in [2.45, 2.75) is 0 Å². The number of aromatic nitrogens is 2. The second-order valence-corrected chi connectivity index (χ2v) is 5.93. The molecule has 0 aliphatic heterocycles. The molecular weight excluding hydrogens is 296 g/mol. The molecule has 22 heavy (non-hydrogen) atoms. The van der Waals surface area contributed by atoms with E-state index in [9.17, 15) is 4.79 Å². The lowest BCUT2D eigenvalue weighted by molar-refractivity contribution is 0.102. The van der Waals surface area contributed by atoms with E-state index in [1.54, 1.807) is 41.8 Å². The topological polar surface area (TPSA) is 72.4 Å². The lowest BCUT2D eigenvalue weighted by Gasteiger charge is -2.02. The largest absolute Gasteiger partial charge is 0.399 e. The highest BCUT2D eigenvalue weighted by Crippen LogP contribution is 2.26. The van der Waals surface area contributed by atoms with Crippen LogP contribution in [0.3, 0.4) is 0 Å². The fourth-order valence-electron chi connectivity index (χ4n) is 2.32. The van der Waals surface area contributed by atoms with Gasteiger partial charge < -0.3 is 11.1 Å². The van der Waals surface area contributed by atoms with Crippen molar-refractivity contribution in [1.29, 1.82) is 0 Å². The minimum absolute atomic E-state index is 0.232.